The number of piperidine rings is 1. The third-order valence-corrected chi connectivity index (χ3v) is 9.08. The fourth-order valence-electron chi connectivity index (χ4n) is 5.92. The molecule has 0 aliphatic carbocycles. The second kappa shape index (κ2) is 12.9. The van der Waals surface area contributed by atoms with Crippen molar-refractivity contribution in [2.45, 2.75) is 57.7 Å². The van der Waals surface area contributed by atoms with Crippen LogP contribution in [0.5, 0.6) is 5.75 Å². The summed E-state index contributed by atoms with van der Waals surface area (Å²) in [5.74, 6) is 0.453. The minimum absolute atomic E-state index is 0.108. The number of imidazole rings is 1. The number of nitrogens with one attached hydrogen (secondary N) is 1. The third-order valence-electron chi connectivity index (χ3n) is 8.06. The van der Waals surface area contributed by atoms with Crippen LogP contribution >= 0.6 is 11.3 Å². The SMILES string of the molecule is COC[C@@H](C)Oc1cc2c(cc1C(=O)NCCCN1CCCCC1)sc1nc(-c3ccc(C4CCCO4)cc3)cn12. The van der Waals surface area contributed by atoms with Crippen molar-refractivity contribution in [1.29, 1.82) is 0 Å². The predicted molar refractivity (Wildman–Crippen MR) is 163 cm³/mol. The molecule has 41 heavy (non-hydrogen) atoms. The normalized spacial score (nSPS) is 18.7. The maximum absolute atomic E-state index is 13.4. The van der Waals surface area contributed by atoms with E-state index in [-0.39, 0.29) is 18.1 Å². The largest absolute Gasteiger partial charge is 0.487 e. The number of hydrogen-bond acceptors (Lipinski definition) is 7. The quantitative estimate of drug-likeness (QED) is 0.218. The number of rotatable bonds is 11. The molecule has 1 amide bonds. The topological polar surface area (TPSA) is 77.3 Å². The number of thiazole rings is 1. The summed E-state index contributed by atoms with van der Waals surface area (Å²) in [4.78, 5) is 21.7. The maximum Gasteiger partial charge on any atom is 0.255 e. The lowest BCUT2D eigenvalue weighted by Crippen LogP contribution is -2.33. The van der Waals surface area contributed by atoms with Gasteiger partial charge < -0.3 is 24.4 Å². The Morgan fingerprint density at radius 1 is 1.17 bits per heavy atom. The first-order valence-electron chi connectivity index (χ1n) is 14.9. The van der Waals surface area contributed by atoms with E-state index in [9.17, 15) is 4.79 Å². The van der Waals surface area contributed by atoms with E-state index >= 15 is 0 Å². The Hall–Kier alpha value is -2.98. The van der Waals surface area contributed by atoms with Crippen molar-refractivity contribution in [3.63, 3.8) is 0 Å². The molecule has 2 saturated heterocycles. The van der Waals surface area contributed by atoms with Crippen LogP contribution in [0.15, 0.2) is 42.6 Å². The van der Waals surface area contributed by atoms with Gasteiger partial charge in [0.2, 0.25) is 0 Å². The zero-order valence-electron chi connectivity index (χ0n) is 24.1. The Morgan fingerprint density at radius 3 is 2.76 bits per heavy atom. The van der Waals surface area contributed by atoms with Crippen LogP contribution in [-0.4, -0.2) is 72.8 Å². The van der Waals surface area contributed by atoms with Gasteiger partial charge in [-0.15, -0.1) is 0 Å². The van der Waals surface area contributed by atoms with Gasteiger partial charge in [-0.3, -0.25) is 9.20 Å². The molecule has 1 N–H and O–H groups in total. The number of carbonyl (C=O) groups excluding carboxylic acids is 1. The molecule has 2 aliphatic heterocycles. The first-order valence-corrected chi connectivity index (χ1v) is 15.7. The van der Waals surface area contributed by atoms with Gasteiger partial charge in [-0.1, -0.05) is 42.0 Å². The van der Waals surface area contributed by atoms with Gasteiger partial charge in [0.25, 0.3) is 5.91 Å². The van der Waals surface area contributed by atoms with Gasteiger partial charge in [0.15, 0.2) is 4.96 Å². The number of fused-ring (bicyclic) bond motifs is 3. The average Bonchev–Trinajstić information content (AvgIpc) is 3.73. The molecular weight excluding hydrogens is 536 g/mol. The van der Waals surface area contributed by atoms with E-state index in [1.807, 2.05) is 19.1 Å². The van der Waals surface area contributed by atoms with Gasteiger partial charge in [0.05, 0.1) is 34.2 Å². The Balaban J connectivity index is 1.22. The van der Waals surface area contributed by atoms with E-state index in [1.165, 1.54) is 37.9 Å². The van der Waals surface area contributed by atoms with Crippen LogP contribution in [0.2, 0.25) is 0 Å². The fraction of sp³-hybridized carbons (Fsp3) is 0.500. The molecular formula is C32H40N4O4S. The number of likely N-dealkylation sites (tertiary alicyclic amines) is 1. The van der Waals surface area contributed by atoms with Crippen molar-refractivity contribution in [2.75, 3.05) is 46.5 Å². The molecule has 2 aromatic heterocycles. The summed E-state index contributed by atoms with van der Waals surface area (Å²) in [6.45, 7) is 7.23. The molecule has 4 aromatic rings. The lowest BCUT2D eigenvalue weighted by atomic mass is 10.0. The molecule has 218 valence electrons. The molecule has 6 rings (SSSR count). The predicted octanol–water partition coefficient (Wildman–Crippen LogP) is 6.09. The third kappa shape index (κ3) is 6.43. The summed E-state index contributed by atoms with van der Waals surface area (Å²) in [6, 6.07) is 12.5. The summed E-state index contributed by atoms with van der Waals surface area (Å²) in [5, 5.41) is 3.13. The highest BCUT2D eigenvalue weighted by Gasteiger charge is 2.21. The summed E-state index contributed by atoms with van der Waals surface area (Å²) in [5.41, 5.74) is 4.74. The van der Waals surface area contributed by atoms with Gasteiger partial charge in [-0.05, 0) is 70.3 Å². The molecule has 2 fully saturated rings. The van der Waals surface area contributed by atoms with Crippen LogP contribution in [-0.2, 0) is 9.47 Å². The van der Waals surface area contributed by atoms with Crippen molar-refractivity contribution in [3.05, 3.63) is 53.7 Å². The van der Waals surface area contributed by atoms with E-state index in [0.717, 1.165) is 58.8 Å². The zero-order valence-corrected chi connectivity index (χ0v) is 24.9. The number of nitrogens with zero attached hydrogens (tertiary/aromatic N) is 3. The number of hydrogen-bond donors (Lipinski definition) is 1. The molecule has 0 saturated carbocycles. The highest BCUT2D eigenvalue weighted by atomic mass is 32.1. The molecule has 1 unspecified atom stereocenters. The average molecular weight is 577 g/mol. The van der Waals surface area contributed by atoms with E-state index in [2.05, 4.69) is 45.1 Å². The molecule has 2 aliphatic rings. The molecule has 0 radical (unpaired) electrons. The molecule has 2 atom stereocenters. The van der Waals surface area contributed by atoms with Crippen LogP contribution in [0.3, 0.4) is 0 Å². The van der Waals surface area contributed by atoms with Crippen LogP contribution in [0.1, 0.15) is 67.5 Å². The summed E-state index contributed by atoms with van der Waals surface area (Å²) in [6.07, 6.45) is 9.11. The first-order chi connectivity index (χ1) is 20.1. The summed E-state index contributed by atoms with van der Waals surface area (Å²) >= 11 is 1.58. The van der Waals surface area contributed by atoms with Crippen LogP contribution in [0.4, 0.5) is 0 Å². The zero-order chi connectivity index (χ0) is 28.2. The Kier molecular flexibility index (Phi) is 8.86. The minimum atomic E-state index is -0.196. The van der Waals surface area contributed by atoms with Crippen LogP contribution in [0.25, 0.3) is 26.4 Å². The van der Waals surface area contributed by atoms with Gasteiger partial charge in [-0.25, -0.2) is 4.98 Å². The van der Waals surface area contributed by atoms with Crippen molar-refractivity contribution in [3.8, 4) is 17.0 Å². The van der Waals surface area contributed by atoms with E-state index < -0.39 is 0 Å². The monoisotopic (exact) mass is 576 g/mol. The van der Waals surface area contributed by atoms with Crippen LogP contribution in [0, 0.1) is 0 Å². The van der Waals surface area contributed by atoms with Gasteiger partial charge in [0, 0.05) is 38.1 Å². The second-order valence-electron chi connectivity index (χ2n) is 11.2. The number of benzene rings is 2. The van der Waals surface area contributed by atoms with Crippen molar-refractivity contribution in [1.82, 2.24) is 19.6 Å². The smallest absolute Gasteiger partial charge is 0.255 e. The van der Waals surface area contributed by atoms with E-state index in [1.54, 1.807) is 18.4 Å². The number of aromatic nitrogens is 2. The molecule has 4 heterocycles. The Morgan fingerprint density at radius 2 is 2.00 bits per heavy atom. The molecule has 8 nitrogen and oxygen atoms in total. The standard InChI is InChI=1S/C32H40N4O4S/c1-22(21-38-2)40-29-19-27-30(18-25(29)31(37)33-13-7-16-35-14-4-3-5-15-35)41-32-34-26(20-36(27)32)23-9-11-24(12-10-23)28-8-6-17-39-28/h9-12,18-20,22,28H,3-8,13-17,21H2,1-2H3,(H,33,37)/t22-,28?/m1/s1. The van der Waals surface area contributed by atoms with E-state index in [4.69, 9.17) is 19.2 Å². The van der Waals surface area contributed by atoms with Crippen molar-refractivity contribution < 1.29 is 19.0 Å². The summed E-state index contributed by atoms with van der Waals surface area (Å²) < 4.78 is 20.5. The fourth-order valence-corrected chi connectivity index (χ4v) is 6.95. The van der Waals surface area contributed by atoms with Gasteiger partial charge >= 0.3 is 0 Å². The lowest BCUT2D eigenvalue weighted by Gasteiger charge is -2.26. The first kappa shape index (κ1) is 28.2. The molecule has 9 heteroatoms. The summed E-state index contributed by atoms with van der Waals surface area (Å²) in [7, 11) is 1.65. The second-order valence-corrected chi connectivity index (χ2v) is 12.2. The number of amides is 1. The lowest BCUT2D eigenvalue weighted by molar-refractivity contribution is 0.0870. The molecule has 0 spiro atoms. The molecule has 2 aromatic carbocycles. The highest BCUT2D eigenvalue weighted by Crippen LogP contribution is 2.35. The van der Waals surface area contributed by atoms with Crippen molar-refractivity contribution in [2.24, 2.45) is 0 Å². The van der Waals surface area contributed by atoms with E-state index in [0.29, 0.717) is 24.5 Å². The number of methoxy groups -OCH3 is 1. The Labute approximate surface area is 245 Å². The maximum atomic E-state index is 13.4. The van der Waals surface area contributed by atoms with Crippen molar-refractivity contribution >= 4 is 32.4 Å². The number of carbonyl (C=O) groups is 1. The minimum Gasteiger partial charge on any atom is -0.487 e. The van der Waals surface area contributed by atoms with Gasteiger partial charge in [0.1, 0.15) is 11.9 Å². The number of ether oxygens (including phenoxy) is 3. The van der Waals surface area contributed by atoms with Gasteiger partial charge in [-0.2, -0.15) is 0 Å². The molecule has 0 bridgehead atoms. The Bertz CT molecular complexity index is 1470. The highest BCUT2D eigenvalue weighted by molar-refractivity contribution is 7.23. The van der Waals surface area contributed by atoms with Crippen LogP contribution < -0.4 is 10.1 Å².